The molecular formula is C27H27F2N5O3. The first-order chi connectivity index (χ1) is 17.9. The molecule has 0 bridgehead atoms. The Morgan fingerprint density at radius 3 is 2.76 bits per heavy atom. The Morgan fingerprint density at radius 1 is 1.16 bits per heavy atom. The molecule has 1 aliphatic rings. The molecule has 0 unspecified atom stereocenters. The summed E-state index contributed by atoms with van der Waals surface area (Å²) in [5, 5.41) is 12.0. The SMILES string of the molecule is COc1ccc([C@H](NC(=O)c2ccc3cnc(N[C@H]4CCOC[C@H]4F)cc3c2)c2cnn(C)c2)cc1F. The number of methoxy groups -OCH3 is 1. The Bertz CT molecular complexity index is 1430. The van der Waals surface area contributed by atoms with E-state index >= 15 is 0 Å². The summed E-state index contributed by atoms with van der Waals surface area (Å²) in [6, 6.07) is 10.6. The van der Waals surface area contributed by atoms with Crippen molar-refractivity contribution in [3.8, 4) is 5.75 Å². The number of carbonyl (C=O) groups excluding carboxylic acids is 1. The topological polar surface area (TPSA) is 90.3 Å². The van der Waals surface area contributed by atoms with E-state index in [1.165, 1.54) is 19.2 Å². The summed E-state index contributed by atoms with van der Waals surface area (Å²) in [5.41, 5.74) is 1.67. The van der Waals surface area contributed by atoms with Crippen LogP contribution in [0.15, 0.2) is 61.1 Å². The van der Waals surface area contributed by atoms with Gasteiger partial charge in [-0.1, -0.05) is 12.1 Å². The van der Waals surface area contributed by atoms with E-state index < -0.39 is 18.0 Å². The number of ether oxygens (including phenoxy) is 2. The number of hydrogen-bond acceptors (Lipinski definition) is 6. The molecule has 2 aromatic carbocycles. The van der Waals surface area contributed by atoms with Crippen molar-refractivity contribution in [2.24, 2.45) is 7.05 Å². The van der Waals surface area contributed by atoms with Crippen LogP contribution in [0.1, 0.15) is 33.9 Å². The highest BCUT2D eigenvalue weighted by Gasteiger charge is 2.26. The Balaban J connectivity index is 1.41. The first kappa shape index (κ1) is 24.6. The van der Waals surface area contributed by atoms with E-state index in [2.05, 4.69) is 20.7 Å². The van der Waals surface area contributed by atoms with E-state index in [-0.39, 0.29) is 24.3 Å². The van der Waals surface area contributed by atoms with Gasteiger partial charge in [-0.2, -0.15) is 5.10 Å². The lowest BCUT2D eigenvalue weighted by molar-refractivity contribution is 0.0285. The number of carbonyl (C=O) groups is 1. The number of nitrogens with zero attached hydrogens (tertiary/aromatic N) is 3. The Hall–Kier alpha value is -4.05. The third kappa shape index (κ3) is 5.39. The van der Waals surface area contributed by atoms with Crippen LogP contribution in [0.2, 0.25) is 0 Å². The van der Waals surface area contributed by atoms with Crippen molar-refractivity contribution in [2.45, 2.75) is 24.7 Å². The van der Waals surface area contributed by atoms with E-state index in [0.717, 1.165) is 10.8 Å². The van der Waals surface area contributed by atoms with Gasteiger partial charge in [-0.3, -0.25) is 9.48 Å². The number of rotatable bonds is 7. The van der Waals surface area contributed by atoms with Crippen molar-refractivity contribution < 1.29 is 23.0 Å². The minimum Gasteiger partial charge on any atom is -0.494 e. The second kappa shape index (κ2) is 10.5. The van der Waals surface area contributed by atoms with Crippen molar-refractivity contribution in [2.75, 3.05) is 25.6 Å². The van der Waals surface area contributed by atoms with Gasteiger partial charge in [-0.25, -0.2) is 13.8 Å². The number of hydrogen-bond donors (Lipinski definition) is 2. The average molecular weight is 508 g/mol. The van der Waals surface area contributed by atoms with Gasteiger partial charge in [0.2, 0.25) is 0 Å². The quantitative estimate of drug-likeness (QED) is 0.390. The lowest BCUT2D eigenvalue weighted by Crippen LogP contribution is -2.39. The molecule has 1 fully saturated rings. The van der Waals surface area contributed by atoms with Gasteiger partial charge < -0.3 is 20.1 Å². The summed E-state index contributed by atoms with van der Waals surface area (Å²) in [4.78, 5) is 17.7. The van der Waals surface area contributed by atoms with Crippen LogP contribution in [0, 0.1) is 5.82 Å². The van der Waals surface area contributed by atoms with E-state index in [9.17, 15) is 13.6 Å². The molecular weight excluding hydrogens is 480 g/mol. The van der Waals surface area contributed by atoms with Crippen LogP contribution < -0.4 is 15.4 Å². The van der Waals surface area contributed by atoms with Crippen LogP contribution in [0.5, 0.6) is 5.75 Å². The number of pyridine rings is 1. The predicted octanol–water partition coefficient (Wildman–Crippen LogP) is 4.17. The zero-order valence-corrected chi connectivity index (χ0v) is 20.4. The first-order valence-electron chi connectivity index (χ1n) is 11.9. The number of anilines is 1. The number of aromatic nitrogens is 3. The van der Waals surface area contributed by atoms with Crippen LogP contribution in [0.3, 0.4) is 0 Å². The zero-order chi connectivity index (χ0) is 25.9. The number of aryl methyl sites for hydroxylation is 1. The second-order valence-corrected chi connectivity index (χ2v) is 9.01. The molecule has 5 rings (SSSR count). The van der Waals surface area contributed by atoms with Gasteiger partial charge in [0.15, 0.2) is 11.6 Å². The average Bonchev–Trinajstić information content (AvgIpc) is 3.33. The van der Waals surface area contributed by atoms with Crippen molar-refractivity contribution in [1.82, 2.24) is 20.1 Å². The van der Waals surface area contributed by atoms with E-state index in [0.29, 0.717) is 35.5 Å². The molecule has 10 heteroatoms. The monoisotopic (exact) mass is 507 g/mol. The normalized spacial score (nSPS) is 18.4. The van der Waals surface area contributed by atoms with Crippen molar-refractivity contribution in [3.63, 3.8) is 0 Å². The van der Waals surface area contributed by atoms with Crippen molar-refractivity contribution in [1.29, 1.82) is 0 Å². The van der Waals surface area contributed by atoms with Crippen LogP contribution in [-0.4, -0.2) is 53.2 Å². The van der Waals surface area contributed by atoms with Gasteiger partial charge in [0.1, 0.15) is 12.0 Å². The standard InChI is InChI=1S/C27H27F2N5O3/c1-34-14-20(13-31-34)26(16-5-6-24(36-2)21(28)10-16)33-27(35)17-3-4-18-12-30-25(11-19(18)9-17)32-23-7-8-37-15-22(23)29/h3-6,9-14,22-23,26H,7-8,15H2,1-2H3,(H,30,32)(H,33,35)/t22-,23+,26+/m1/s1. The fourth-order valence-electron chi connectivity index (χ4n) is 4.44. The molecule has 1 aliphatic heterocycles. The predicted molar refractivity (Wildman–Crippen MR) is 135 cm³/mol. The van der Waals surface area contributed by atoms with E-state index in [4.69, 9.17) is 9.47 Å². The lowest BCUT2D eigenvalue weighted by Gasteiger charge is -2.27. The lowest BCUT2D eigenvalue weighted by atomic mass is 10.00. The number of amides is 1. The number of alkyl halides is 1. The van der Waals surface area contributed by atoms with Gasteiger partial charge >= 0.3 is 0 Å². The largest absolute Gasteiger partial charge is 0.494 e. The maximum absolute atomic E-state index is 14.5. The molecule has 0 saturated carbocycles. The maximum atomic E-state index is 14.5. The molecule has 2 N–H and O–H groups in total. The molecule has 0 spiro atoms. The minimum atomic E-state index is -1.12. The summed E-state index contributed by atoms with van der Waals surface area (Å²) in [7, 11) is 3.17. The first-order valence-corrected chi connectivity index (χ1v) is 11.9. The number of halogens is 2. The highest BCUT2D eigenvalue weighted by molar-refractivity contribution is 5.99. The zero-order valence-electron chi connectivity index (χ0n) is 20.4. The Kier molecular flexibility index (Phi) is 7.00. The molecule has 37 heavy (non-hydrogen) atoms. The van der Waals surface area contributed by atoms with Crippen LogP contribution in [-0.2, 0) is 11.8 Å². The molecule has 192 valence electrons. The van der Waals surface area contributed by atoms with Crippen LogP contribution >= 0.6 is 0 Å². The highest BCUT2D eigenvalue weighted by Crippen LogP contribution is 2.27. The molecule has 0 aliphatic carbocycles. The van der Waals surface area contributed by atoms with Gasteiger partial charge in [0.05, 0.1) is 32.0 Å². The fraction of sp³-hybridized carbons (Fsp3) is 0.296. The summed E-state index contributed by atoms with van der Waals surface area (Å²) >= 11 is 0. The molecule has 8 nitrogen and oxygen atoms in total. The van der Waals surface area contributed by atoms with Gasteiger partial charge in [0.25, 0.3) is 5.91 Å². The van der Waals surface area contributed by atoms with Gasteiger partial charge in [-0.15, -0.1) is 0 Å². The number of benzene rings is 2. The molecule has 1 amide bonds. The van der Waals surface area contributed by atoms with Gasteiger partial charge in [0, 0.05) is 42.6 Å². The summed E-state index contributed by atoms with van der Waals surface area (Å²) < 4.78 is 40.5. The third-order valence-electron chi connectivity index (χ3n) is 6.45. The third-order valence-corrected chi connectivity index (χ3v) is 6.45. The number of fused-ring (bicyclic) bond motifs is 1. The van der Waals surface area contributed by atoms with Crippen molar-refractivity contribution >= 4 is 22.5 Å². The molecule has 3 atom stereocenters. The minimum absolute atomic E-state index is 0.0613. The van der Waals surface area contributed by atoms with Gasteiger partial charge in [-0.05, 0) is 47.7 Å². The van der Waals surface area contributed by atoms with E-state index in [1.807, 2.05) is 0 Å². The second-order valence-electron chi connectivity index (χ2n) is 9.01. The smallest absolute Gasteiger partial charge is 0.252 e. The maximum Gasteiger partial charge on any atom is 0.252 e. The molecule has 3 heterocycles. The molecule has 0 radical (unpaired) electrons. The summed E-state index contributed by atoms with van der Waals surface area (Å²) in [5.74, 6) is -0.220. The fourth-order valence-corrected chi connectivity index (χ4v) is 4.44. The number of nitrogens with one attached hydrogen (secondary N) is 2. The Morgan fingerprint density at radius 2 is 2.03 bits per heavy atom. The van der Waals surface area contributed by atoms with Crippen LogP contribution in [0.4, 0.5) is 14.6 Å². The Labute approximate surface area is 212 Å². The van der Waals surface area contributed by atoms with Crippen molar-refractivity contribution in [3.05, 3.63) is 83.6 Å². The summed E-state index contributed by atoms with van der Waals surface area (Å²) in [6.45, 7) is 0.554. The molecule has 4 aromatic rings. The summed E-state index contributed by atoms with van der Waals surface area (Å²) in [6.07, 6.45) is 4.52. The van der Waals surface area contributed by atoms with Crippen LogP contribution in [0.25, 0.3) is 10.8 Å². The highest BCUT2D eigenvalue weighted by atomic mass is 19.1. The molecule has 2 aromatic heterocycles. The molecule has 1 saturated heterocycles. The van der Waals surface area contributed by atoms with E-state index in [1.54, 1.807) is 60.7 Å².